The molecule has 7 heteroatoms. The Morgan fingerprint density at radius 3 is 2.38 bits per heavy atom. The maximum absolute atomic E-state index is 13.3. The molecule has 1 saturated heterocycles. The summed E-state index contributed by atoms with van der Waals surface area (Å²) in [6, 6.07) is 14.7. The lowest BCUT2D eigenvalue weighted by atomic mass is 10.1. The molecule has 0 unspecified atom stereocenters. The van der Waals surface area contributed by atoms with Gasteiger partial charge in [0.05, 0.1) is 4.90 Å². The van der Waals surface area contributed by atoms with E-state index in [9.17, 15) is 13.2 Å². The van der Waals surface area contributed by atoms with Crippen LogP contribution in [-0.4, -0.2) is 56.3 Å². The van der Waals surface area contributed by atoms with E-state index in [1.54, 1.807) is 23.1 Å². The molecule has 6 nitrogen and oxygen atoms in total. The molecule has 0 spiro atoms. The summed E-state index contributed by atoms with van der Waals surface area (Å²) in [6.07, 6.45) is 0.177. The largest absolute Gasteiger partial charge is 0.340 e. The quantitative estimate of drug-likeness (QED) is 0.754. The Hall–Kier alpha value is -2.22. The Morgan fingerprint density at radius 1 is 1.03 bits per heavy atom. The molecule has 156 valence electrons. The van der Waals surface area contributed by atoms with Crippen molar-refractivity contribution >= 4 is 15.9 Å². The van der Waals surface area contributed by atoms with Gasteiger partial charge < -0.3 is 10.2 Å². The van der Waals surface area contributed by atoms with Crippen LogP contribution in [0.2, 0.25) is 0 Å². The van der Waals surface area contributed by atoms with Crippen molar-refractivity contribution in [3.8, 4) is 0 Å². The fourth-order valence-corrected chi connectivity index (χ4v) is 4.93. The van der Waals surface area contributed by atoms with E-state index >= 15 is 0 Å². The average molecular weight is 416 g/mol. The Morgan fingerprint density at radius 2 is 1.72 bits per heavy atom. The molecule has 0 saturated carbocycles. The van der Waals surface area contributed by atoms with Gasteiger partial charge >= 0.3 is 0 Å². The Labute approximate surface area is 173 Å². The summed E-state index contributed by atoms with van der Waals surface area (Å²) in [4.78, 5) is 14.7. The summed E-state index contributed by atoms with van der Waals surface area (Å²) in [5.74, 6) is -0.000140. The molecule has 0 aromatic heterocycles. The van der Waals surface area contributed by atoms with Gasteiger partial charge in [-0.05, 0) is 37.1 Å². The smallest absolute Gasteiger partial charge is 0.243 e. The van der Waals surface area contributed by atoms with Crippen LogP contribution in [0.1, 0.15) is 23.1 Å². The first-order chi connectivity index (χ1) is 13.9. The number of hydrogen-bond donors (Lipinski definition) is 1. The highest BCUT2D eigenvalue weighted by atomic mass is 32.2. The highest BCUT2D eigenvalue weighted by Gasteiger charge is 2.26. The molecule has 2 aromatic carbocycles. The summed E-state index contributed by atoms with van der Waals surface area (Å²) >= 11 is 0. The molecule has 1 aliphatic heterocycles. The lowest BCUT2D eigenvalue weighted by Crippen LogP contribution is -2.47. The zero-order chi connectivity index (χ0) is 20.9. The predicted octanol–water partition coefficient (Wildman–Crippen LogP) is 2.32. The molecular weight excluding hydrogens is 386 g/mol. The average Bonchev–Trinajstić information content (AvgIpc) is 2.72. The fourth-order valence-electron chi connectivity index (χ4n) is 3.40. The summed E-state index contributed by atoms with van der Waals surface area (Å²) in [7, 11) is -3.71. The van der Waals surface area contributed by atoms with Crippen LogP contribution in [0.5, 0.6) is 0 Å². The van der Waals surface area contributed by atoms with Gasteiger partial charge in [-0.1, -0.05) is 42.0 Å². The molecule has 1 fully saturated rings. The van der Waals surface area contributed by atoms with Gasteiger partial charge in [0.2, 0.25) is 15.9 Å². The molecule has 0 atom stereocenters. The SMILES string of the molecule is Cc1ccc(CN(CCC(=O)N2CCNCC2)S(=O)(=O)c2cccc(C)c2)cc1. The molecule has 0 aliphatic carbocycles. The molecule has 1 N–H and O–H groups in total. The van der Waals surface area contributed by atoms with Crippen molar-refractivity contribution in [2.75, 3.05) is 32.7 Å². The number of benzene rings is 2. The number of hydrogen-bond acceptors (Lipinski definition) is 4. The molecule has 1 aliphatic rings. The Balaban J connectivity index is 1.80. The van der Waals surface area contributed by atoms with Crippen LogP contribution in [-0.2, 0) is 21.4 Å². The van der Waals surface area contributed by atoms with E-state index in [2.05, 4.69) is 5.32 Å². The van der Waals surface area contributed by atoms with Crippen molar-refractivity contribution in [3.05, 3.63) is 65.2 Å². The van der Waals surface area contributed by atoms with Gasteiger partial charge in [-0.15, -0.1) is 0 Å². The van der Waals surface area contributed by atoms with Crippen molar-refractivity contribution in [1.29, 1.82) is 0 Å². The number of sulfonamides is 1. The van der Waals surface area contributed by atoms with Crippen LogP contribution in [0.15, 0.2) is 53.4 Å². The van der Waals surface area contributed by atoms with Crippen LogP contribution in [0.3, 0.4) is 0 Å². The minimum atomic E-state index is -3.71. The third-order valence-corrected chi connectivity index (χ3v) is 6.99. The highest BCUT2D eigenvalue weighted by molar-refractivity contribution is 7.89. The topological polar surface area (TPSA) is 69.7 Å². The first-order valence-electron chi connectivity index (χ1n) is 9.97. The van der Waals surface area contributed by atoms with Gasteiger partial charge in [-0.3, -0.25) is 4.79 Å². The third-order valence-electron chi connectivity index (χ3n) is 5.15. The lowest BCUT2D eigenvalue weighted by Gasteiger charge is -2.29. The van der Waals surface area contributed by atoms with E-state index < -0.39 is 10.0 Å². The van der Waals surface area contributed by atoms with Crippen molar-refractivity contribution in [2.45, 2.75) is 31.7 Å². The van der Waals surface area contributed by atoms with Crippen LogP contribution in [0, 0.1) is 13.8 Å². The van der Waals surface area contributed by atoms with E-state index in [1.807, 2.05) is 44.2 Å². The van der Waals surface area contributed by atoms with Crippen LogP contribution < -0.4 is 5.32 Å². The van der Waals surface area contributed by atoms with E-state index in [-0.39, 0.29) is 30.3 Å². The summed E-state index contributed by atoms with van der Waals surface area (Å²) in [5, 5.41) is 3.22. The number of carbonyl (C=O) groups excluding carboxylic acids is 1. The van der Waals surface area contributed by atoms with Gasteiger partial charge in [0, 0.05) is 45.7 Å². The standard InChI is InChI=1S/C22H29N3O3S/c1-18-6-8-20(9-7-18)17-25(13-10-22(26)24-14-11-23-12-15-24)29(27,28)21-5-3-4-19(2)16-21/h3-9,16,23H,10-15,17H2,1-2H3. The maximum atomic E-state index is 13.3. The van der Waals surface area contributed by atoms with Crippen LogP contribution >= 0.6 is 0 Å². The van der Waals surface area contributed by atoms with Crippen molar-refractivity contribution < 1.29 is 13.2 Å². The normalized spacial score (nSPS) is 14.9. The van der Waals surface area contributed by atoms with Gasteiger partial charge in [0.1, 0.15) is 0 Å². The second-order valence-corrected chi connectivity index (χ2v) is 9.46. The van der Waals surface area contributed by atoms with E-state index in [4.69, 9.17) is 0 Å². The number of rotatable bonds is 7. The van der Waals surface area contributed by atoms with Gasteiger partial charge in [-0.25, -0.2) is 8.42 Å². The van der Waals surface area contributed by atoms with Crippen molar-refractivity contribution in [1.82, 2.24) is 14.5 Å². The Bertz CT molecular complexity index is 936. The molecule has 1 amide bonds. The molecule has 0 radical (unpaired) electrons. The third kappa shape index (κ3) is 5.65. The summed E-state index contributed by atoms with van der Waals surface area (Å²) < 4.78 is 28.1. The molecule has 2 aromatic rings. The second kappa shape index (κ2) is 9.52. The number of nitrogens with zero attached hydrogens (tertiary/aromatic N) is 2. The first-order valence-corrected chi connectivity index (χ1v) is 11.4. The van der Waals surface area contributed by atoms with E-state index in [0.717, 1.165) is 29.8 Å². The lowest BCUT2D eigenvalue weighted by molar-refractivity contribution is -0.131. The minimum absolute atomic E-state index is 0.000140. The number of nitrogens with one attached hydrogen (secondary N) is 1. The van der Waals surface area contributed by atoms with E-state index in [1.165, 1.54) is 4.31 Å². The number of aryl methyl sites for hydroxylation is 2. The van der Waals surface area contributed by atoms with Crippen LogP contribution in [0.4, 0.5) is 0 Å². The molecule has 29 heavy (non-hydrogen) atoms. The summed E-state index contributed by atoms with van der Waals surface area (Å²) in [5.41, 5.74) is 2.91. The number of amides is 1. The van der Waals surface area contributed by atoms with Crippen LogP contribution in [0.25, 0.3) is 0 Å². The molecule has 1 heterocycles. The first kappa shape index (κ1) is 21.5. The highest BCUT2D eigenvalue weighted by Crippen LogP contribution is 2.20. The predicted molar refractivity (Wildman–Crippen MR) is 114 cm³/mol. The second-order valence-electron chi connectivity index (χ2n) is 7.52. The van der Waals surface area contributed by atoms with E-state index in [0.29, 0.717) is 13.1 Å². The monoisotopic (exact) mass is 415 g/mol. The molecule has 0 bridgehead atoms. The number of carbonyl (C=O) groups is 1. The number of piperazine rings is 1. The van der Waals surface area contributed by atoms with Gasteiger partial charge in [0.25, 0.3) is 0 Å². The molecule has 3 rings (SSSR count). The maximum Gasteiger partial charge on any atom is 0.243 e. The van der Waals surface area contributed by atoms with Crippen molar-refractivity contribution in [3.63, 3.8) is 0 Å². The van der Waals surface area contributed by atoms with Crippen molar-refractivity contribution in [2.24, 2.45) is 0 Å². The minimum Gasteiger partial charge on any atom is -0.340 e. The Kier molecular flexibility index (Phi) is 7.05. The van der Waals surface area contributed by atoms with Gasteiger partial charge in [-0.2, -0.15) is 4.31 Å². The zero-order valence-corrected chi connectivity index (χ0v) is 17.9. The van der Waals surface area contributed by atoms with Gasteiger partial charge in [0.15, 0.2) is 0 Å². The summed E-state index contributed by atoms with van der Waals surface area (Å²) in [6.45, 7) is 7.16. The molecular formula is C22H29N3O3S. The zero-order valence-electron chi connectivity index (χ0n) is 17.1. The fraction of sp³-hybridized carbons (Fsp3) is 0.409.